The van der Waals surface area contributed by atoms with Gasteiger partial charge < -0.3 is 5.11 Å². The van der Waals surface area contributed by atoms with Crippen LogP contribution in [0, 0.1) is 13.8 Å². The van der Waals surface area contributed by atoms with E-state index in [1.807, 2.05) is 88.4 Å². The molecule has 31 heavy (non-hydrogen) atoms. The number of hydrogen-bond donors (Lipinski definition) is 1. The number of aromatic nitrogens is 2. The fourth-order valence-corrected chi connectivity index (χ4v) is 3.53. The molecule has 2 aromatic carbocycles. The molecule has 2 aromatic heterocycles. The largest absolute Gasteiger partial charge is 0.494 e. The molecule has 0 saturated heterocycles. The number of fused-ring (bicyclic) bond motifs is 1. The van der Waals surface area contributed by atoms with Gasteiger partial charge >= 0.3 is 0 Å². The minimum atomic E-state index is -0.255. The molecule has 0 fully saturated rings. The lowest BCUT2D eigenvalue weighted by Gasteiger charge is -2.08. The van der Waals surface area contributed by atoms with Gasteiger partial charge in [-0.3, -0.25) is 14.3 Å². The van der Waals surface area contributed by atoms with Gasteiger partial charge in [-0.15, -0.1) is 0 Å². The van der Waals surface area contributed by atoms with E-state index in [1.165, 1.54) is 11.5 Å². The number of hydrogen-bond acceptors (Lipinski definition) is 4. The van der Waals surface area contributed by atoms with E-state index >= 15 is 0 Å². The Bertz CT molecular complexity index is 1250. The summed E-state index contributed by atoms with van der Waals surface area (Å²) >= 11 is 0. The van der Waals surface area contributed by atoms with E-state index in [4.69, 9.17) is 4.99 Å². The Morgan fingerprint density at radius 2 is 1.71 bits per heavy atom. The Balaban J connectivity index is 0.00000132. The summed E-state index contributed by atoms with van der Waals surface area (Å²) in [5.41, 5.74) is 5.26. The van der Waals surface area contributed by atoms with Crippen LogP contribution in [-0.2, 0) is 0 Å². The molecule has 158 valence electrons. The smallest absolute Gasteiger partial charge is 0.230 e. The van der Waals surface area contributed by atoms with Gasteiger partial charge in [0.15, 0.2) is 0 Å². The summed E-state index contributed by atoms with van der Waals surface area (Å²) in [5, 5.41) is 11.9. The number of nitrogens with zero attached hydrogens (tertiary/aromatic N) is 3. The lowest BCUT2D eigenvalue weighted by Crippen LogP contribution is -2.06. The van der Waals surface area contributed by atoms with Crippen LogP contribution in [0.1, 0.15) is 48.0 Å². The Morgan fingerprint density at radius 1 is 1.00 bits per heavy atom. The van der Waals surface area contributed by atoms with E-state index < -0.39 is 0 Å². The number of aryl methyl sites for hydroxylation is 2. The second-order valence-electron chi connectivity index (χ2n) is 7.06. The molecule has 1 N–H and O–H groups in total. The third-order valence-corrected chi connectivity index (χ3v) is 4.82. The van der Waals surface area contributed by atoms with E-state index in [-0.39, 0.29) is 11.8 Å². The van der Waals surface area contributed by atoms with Gasteiger partial charge in [0.1, 0.15) is 0 Å². The first-order chi connectivity index (χ1) is 15.0. The highest BCUT2D eigenvalue weighted by Crippen LogP contribution is 2.35. The normalized spacial score (nSPS) is 11.2. The van der Waals surface area contributed by atoms with Gasteiger partial charge in [-0.2, -0.15) is 0 Å². The molecule has 4 rings (SSSR count). The summed E-state index contributed by atoms with van der Waals surface area (Å²) < 4.78 is 1.33. The van der Waals surface area contributed by atoms with Crippen molar-refractivity contribution in [2.75, 3.05) is 0 Å². The van der Waals surface area contributed by atoms with Crippen molar-refractivity contribution in [2.45, 2.75) is 34.6 Å². The second-order valence-corrected chi connectivity index (χ2v) is 7.06. The number of benzene rings is 2. The first-order valence-corrected chi connectivity index (χ1v) is 10.4. The average Bonchev–Trinajstić information content (AvgIpc) is 3.05. The zero-order chi connectivity index (χ0) is 22.5. The SMILES string of the molecule is CC.CC(=O)n1c(O)c(C(=Nc2ccnc(C)c2)c2ccccc2)c2cc(C)ccc21. The molecule has 0 radical (unpaired) electrons. The highest BCUT2D eigenvalue weighted by Gasteiger charge is 2.24. The number of carbonyl (C=O) groups excluding carboxylic acids is 1. The second kappa shape index (κ2) is 9.39. The van der Waals surface area contributed by atoms with Gasteiger partial charge in [0.2, 0.25) is 11.8 Å². The number of aromatic hydroxyl groups is 1. The summed E-state index contributed by atoms with van der Waals surface area (Å²) in [7, 11) is 0. The predicted molar refractivity (Wildman–Crippen MR) is 127 cm³/mol. The molecule has 5 nitrogen and oxygen atoms in total. The summed E-state index contributed by atoms with van der Waals surface area (Å²) in [6, 6.07) is 19.1. The molecule has 0 saturated carbocycles. The molecule has 0 spiro atoms. The molecular formula is C26H27N3O2. The van der Waals surface area contributed by atoms with Gasteiger partial charge in [0.05, 0.1) is 22.5 Å². The Kier molecular flexibility index (Phi) is 6.65. The van der Waals surface area contributed by atoms with Crippen molar-refractivity contribution in [1.82, 2.24) is 9.55 Å². The molecular weight excluding hydrogens is 386 g/mol. The fraction of sp³-hybridized carbons (Fsp3) is 0.192. The standard InChI is InChI=1S/C24H21N3O2.C2H6/c1-15-9-10-21-20(13-15)22(24(29)27(21)17(3)28)23(18-7-5-4-6-8-18)26-19-11-12-25-16(2)14-19;1-2/h4-14,29H,1-3H3;1-2H3. The maximum Gasteiger partial charge on any atom is 0.230 e. The first kappa shape index (κ1) is 22.0. The fourth-order valence-electron chi connectivity index (χ4n) is 3.53. The van der Waals surface area contributed by atoms with Gasteiger partial charge in [-0.1, -0.05) is 55.8 Å². The topological polar surface area (TPSA) is 67.5 Å². The van der Waals surface area contributed by atoms with E-state index in [9.17, 15) is 9.90 Å². The van der Waals surface area contributed by atoms with Crippen LogP contribution in [0.4, 0.5) is 5.69 Å². The molecule has 5 heteroatoms. The van der Waals surface area contributed by atoms with Gasteiger partial charge in [0, 0.05) is 29.8 Å². The summed E-state index contributed by atoms with van der Waals surface area (Å²) in [4.78, 5) is 21.4. The van der Waals surface area contributed by atoms with Gasteiger partial charge in [0.25, 0.3) is 0 Å². The summed E-state index contributed by atoms with van der Waals surface area (Å²) in [6.45, 7) is 9.33. The zero-order valence-electron chi connectivity index (χ0n) is 18.5. The van der Waals surface area contributed by atoms with Crippen LogP contribution in [0.2, 0.25) is 0 Å². The minimum absolute atomic E-state index is 0.105. The third kappa shape index (κ3) is 4.40. The quantitative estimate of drug-likeness (QED) is 0.406. The van der Waals surface area contributed by atoms with E-state index in [0.717, 1.165) is 27.9 Å². The first-order valence-electron chi connectivity index (χ1n) is 10.4. The average molecular weight is 414 g/mol. The third-order valence-electron chi connectivity index (χ3n) is 4.82. The molecule has 2 heterocycles. The minimum Gasteiger partial charge on any atom is -0.494 e. The van der Waals surface area contributed by atoms with Crippen LogP contribution < -0.4 is 0 Å². The summed E-state index contributed by atoms with van der Waals surface area (Å²) in [5.74, 6) is -0.360. The molecule has 4 aromatic rings. The zero-order valence-corrected chi connectivity index (χ0v) is 18.5. The van der Waals surface area contributed by atoms with Crippen LogP contribution in [0.15, 0.2) is 71.9 Å². The van der Waals surface area contributed by atoms with Gasteiger partial charge in [-0.05, 0) is 38.1 Å². The van der Waals surface area contributed by atoms with Crippen LogP contribution in [-0.4, -0.2) is 26.3 Å². The van der Waals surface area contributed by atoms with Crippen molar-refractivity contribution >= 4 is 28.2 Å². The van der Waals surface area contributed by atoms with Crippen molar-refractivity contribution in [1.29, 1.82) is 0 Å². The van der Waals surface area contributed by atoms with E-state index in [2.05, 4.69) is 4.98 Å². The Labute approximate surface area is 182 Å². The number of aliphatic imine (C=N–C) groups is 1. The Morgan fingerprint density at radius 3 is 2.35 bits per heavy atom. The summed E-state index contributed by atoms with van der Waals surface area (Å²) in [6.07, 6.45) is 1.71. The van der Waals surface area contributed by atoms with Crippen molar-refractivity contribution in [3.63, 3.8) is 0 Å². The lowest BCUT2D eigenvalue weighted by molar-refractivity contribution is 0.0933. The number of rotatable bonds is 3. The van der Waals surface area contributed by atoms with Crippen LogP contribution in [0.3, 0.4) is 0 Å². The van der Waals surface area contributed by atoms with Crippen LogP contribution >= 0.6 is 0 Å². The van der Waals surface area contributed by atoms with E-state index in [1.54, 1.807) is 6.20 Å². The van der Waals surface area contributed by atoms with Crippen molar-refractivity contribution in [3.8, 4) is 5.88 Å². The van der Waals surface area contributed by atoms with Crippen LogP contribution in [0.25, 0.3) is 10.9 Å². The lowest BCUT2D eigenvalue weighted by atomic mass is 10.00. The van der Waals surface area contributed by atoms with Gasteiger partial charge in [-0.25, -0.2) is 4.99 Å². The van der Waals surface area contributed by atoms with Crippen LogP contribution in [0.5, 0.6) is 5.88 Å². The molecule has 0 aliphatic carbocycles. The number of pyridine rings is 1. The van der Waals surface area contributed by atoms with Crippen molar-refractivity contribution < 1.29 is 9.90 Å². The molecule has 0 unspecified atom stereocenters. The molecule has 0 atom stereocenters. The predicted octanol–water partition coefficient (Wildman–Crippen LogP) is 6.21. The van der Waals surface area contributed by atoms with E-state index in [0.29, 0.717) is 16.8 Å². The highest BCUT2D eigenvalue weighted by molar-refractivity contribution is 6.23. The maximum absolute atomic E-state index is 12.3. The highest BCUT2D eigenvalue weighted by atomic mass is 16.3. The monoisotopic (exact) mass is 413 g/mol. The van der Waals surface area contributed by atoms with Crippen molar-refractivity contribution in [3.05, 3.63) is 89.2 Å². The molecule has 0 aliphatic heterocycles. The van der Waals surface area contributed by atoms with Crippen molar-refractivity contribution in [2.24, 2.45) is 4.99 Å². The number of carbonyl (C=O) groups is 1. The molecule has 0 bridgehead atoms. The maximum atomic E-state index is 12.3. The molecule has 0 amide bonds. The molecule has 0 aliphatic rings. The Hall–Kier alpha value is -3.73.